The zero-order valence-corrected chi connectivity index (χ0v) is 15.2. The molecule has 1 aromatic carbocycles. The van der Waals surface area contributed by atoms with Crippen LogP contribution in [0, 0.1) is 12.3 Å². The SMILES string of the molecule is C#CCNC(=O)CCNC(=O)c1nc(-c2cccs2)n(-c2ccccc2)n1. The summed E-state index contributed by atoms with van der Waals surface area (Å²) in [5, 5.41) is 11.5. The minimum absolute atomic E-state index is 0.0475. The van der Waals surface area contributed by atoms with E-state index >= 15 is 0 Å². The molecule has 27 heavy (non-hydrogen) atoms. The Labute approximate surface area is 160 Å². The Kier molecular flexibility index (Phi) is 5.97. The van der Waals surface area contributed by atoms with Crippen LogP contribution < -0.4 is 10.6 Å². The van der Waals surface area contributed by atoms with Crippen molar-refractivity contribution in [2.24, 2.45) is 0 Å². The normalized spacial score (nSPS) is 10.2. The second-order valence-corrected chi connectivity index (χ2v) is 6.42. The molecule has 2 heterocycles. The summed E-state index contributed by atoms with van der Waals surface area (Å²) >= 11 is 1.52. The molecule has 0 saturated heterocycles. The van der Waals surface area contributed by atoms with Gasteiger partial charge in [-0.3, -0.25) is 9.59 Å². The fourth-order valence-corrected chi connectivity index (χ4v) is 3.03. The summed E-state index contributed by atoms with van der Waals surface area (Å²) in [6.07, 6.45) is 5.21. The molecule has 0 spiro atoms. The number of amides is 2. The van der Waals surface area contributed by atoms with E-state index in [9.17, 15) is 9.59 Å². The number of carbonyl (C=O) groups is 2. The monoisotopic (exact) mass is 379 g/mol. The van der Waals surface area contributed by atoms with Gasteiger partial charge in [0.05, 0.1) is 17.1 Å². The quantitative estimate of drug-likeness (QED) is 0.614. The van der Waals surface area contributed by atoms with Crippen LogP contribution in [-0.2, 0) is 4.79 Å². The molecule has 0 saturated carbocycles. The van der Waals surface area contributed by atoms with E-state index in [0.29, 0.717) is 5.82 Å². The largest absolute Gasteiger partial charge is 0.349 e. The highest BCUT2D eigenvalue weighted by Gasteiger charge is 2.19. The van der Waals surface area contributed by atoms with Crippen LogP contribution in [0.1, 0.15) is 17.0 Å². The molecule has 0 aliphatic heterocycles. The Bertz CT molecular complexity index is 958. The topological polar surface area (TPSA) is 88.9 Å². The Morgan fingerprint density at radius 3 is 2.67 bits per heavy atom. The summed E-state index contributed by atoms with van der Waals surface area (Å²) in [6, 6.07) is 13.3. The number of aromatic nitrogens is 3. The predicted molar refractivity (Wildman–Crippen MR) is 103 cm³/mol. The molecule has 8 heteroatoms. The van der Waals surface area contributed by atoms with Crippen molar-refractivity contribution in [1.82, 2.24) is 25.4 Å². The van der Waals surface area contributed by atoms with Gasteiger partial charge in [0, 0.05) is 13.0 Å². The van der Waals surface area contributed by atoms with Crippen LogP contribution in [0.15, 0.2) is 47.8 Å². The number of nitrogens with zero attached hydrogens (tertiary/aromatic N) is 3. The fourth-order valence-electron chi connectivity index (χ4n) is 2.33. The molecule has 2 amide bonds. The van der Waals surface area contributed by atoms with E-state index in [1.54, 1.807) is 4.68 Å². The number of thiophene rings is 1. The highest BCUT2D eigenvalue weighted by Crippen LogP contribution is 2.25. The maximum absolute atomic E-state index is 12.4. The Morgan fingerprint density at radius 1 is 1.15 bits per heavy atom. The summed E-state index contributed by atoms with van der Waals surface area (Å²) in [5.74, 6) is 2.29. The minimum atomic E-state index is -0.438. The molecule has 3 rings (SSSR count). The summed E-state index contributed by atoms with van der Waals surface area (Å²) in [4.78, 5) is 29.2. The van der Waals surface area contributed by atoms with Gasteiger partial charge in [0.2, 0.25) is 11.7 Å². The standard InChI is InChI=1S/C19H17N5O2S/c1-2-11-20-16(25)10-12-21-19(26)17-22-18(15-9-6-13-27-15)24(23-17)14-7-4-3-5-8-14/h1,3-9,13H,10-12H2,(H,20,25)(H,21,26). The van der Waals surface area contributed by atoms with Crippen molar-refractivity contribution in [3.8, 4) is 28.7 Å². The molecule has 0 aliphatic rings. The van der Waals surface area contributed by atoms with Crippen molar-refractivity contribution in [3.05, 3.63) is 53.7 Å². The first-order chi connectivity index (χ1) is 13.2. The maximum atomic E-state index is 12.4. The molecule has 136 valence electrons. The molecule has 0 aliphatic carbocycles. The Hall–Kier alpha value is -3.44. The highest BCUT2D eigenvalue weighted by molar-refractivity contribution is 7.13. The number of carbonyl (C=O) groups excluding carboxylic acids is 2. The zero-order valence-electron chi connectivity index (χ0n) is 14.4. The average molecular weight is 379 g/mol. The van der Waals surface area contributed by atoms with Crippen molar-refractivity contribution >= 4 is 23.2 Å². The number of hydrogen-bond donors (Lipinski definition) is 2. The molecular weight excluding hydrogens is 362 g/mol. The molecule has 3 aromatic rings. The highest BCUT2D eigenvalue weighted by atomic mass is 32.1. The first kappa shape index (κ1) is 18.4. The van der Waals surface area contributed by atoms with Gasteiger partial charge in [-0.05, 0) is 23.6 Å². The summed E-state index contributed by atoms with van der Waals surface area (Å²) in [6.45, 7) is 0.337. The zero-order chi connectivity index (χ0) is 19.1. The Balaban J connectivity index is 1.75. The molecule has 0 fully saturated rings. The fraction of sp³-hybridized carbons (Fsp3) is 0.158. The molecule has 0 unspecified atom stereocenters. The third-order valence-electron chi connectivity index (χ3n) is 3.58. The van der Waals surface area contributed by atoms with E-state index in [2.05, 4.69) is 26.6 Å². The van der Waals surface area contributed by atoms with Crippen molar-refractivity contribution < 1.29 is 9.59 Å². The first-order valence-corrected chi connectivity index (χ1v) is 9.11. The van der Waals surface area contributed by atoms with Crippen molar-refractivity contribution in [2.45, 2.75) is 6.42 Å². The van der Waals surface area contributed by atoms with Crippen LogP contribution in [-0.4, -0.2) is 39.7 Å². The molecule has 0 radical (unpaired) electrons. The lowest BCUT2D eigenvalue weighted by molar-refractivity contribution is -0.120. The summed E-state index contributed by atoms with van der Waals surface area (Å²) < 4.78 is 1.64. The van der Waals surface area contributed by atoms with E-state index in [1.165, 1.54) is 11.3 Å². The van der Waals surface area contributed by atoms with Crippen molar-refractivity contribution in [1.29, 1.82) is 0 Å². The number of hydrogen-bond acceptors (Lipinski definition) is 5. The average Bonchev–Trinajstić information content (AvgIpc) is 3.36. The van der Waals surface area contributed by atoms with E-state index in [1.807, 2.05) is 47.8 Å². The lowest BCUT2D eigenvalue weighted by Gasteiger charge is -2.03. The van der Waals surface area contributed by atoms with Gasteiger partial charge in [0.1, 0.15) is 0 Å². The van der Waals surface area contributed by atoms with Gasteiger partial charge < -0.3 is 10.6 Å². The van der Waals surface area contributed by atoms with E-state index < -0.39 is 5.91 Å². The van der Waals surface area contributed by atoms with Gasteiger partial charge in [-0.1, -0.05) is 30.2 Å². The van der Waals surface area contributed by atoms with Gasteiger partial charge in [-0.2, -0.15) is 0 Å². The van der Waals surface area contributed by atoms with Crippen LogP contribution in [0.3, 0.4) is 0 Å². The molecule has 2 N–H and O–H groups in total. The third kappa shape index (κ3) is 4.59. The molecular formula is C19H17N5O2S. The Morgan fingerprint density at radius 2 is 1.96 bits per heavy atom. The molecule has 7 nitrogen and oxygen atoms in total. The minimum Gasteiger partial charge on any atom is -0.349 e. The number of nitrogens with one attached hydrogen (secondary N) is 2. The van der Waals surface area contributed by atoms with Gasteiger partial charge in [-0.25, -0.2) is 9.67 Å². The third-order valence-corrected chi connectivity index (χ3v) is 4.44. The number of rotatable bonds is 7. The predicted octanol–water partition coefficient (Wildman–Crippen LogP) is 1.87. The van der Waals surface area contributed by atoms with Crippen LogP contribution in [0.4, 0.5) is 0 Å². The van der Waals surface area contributed by atoms with E-state index in [4.69, 9.17) is 6.42 Å². The smallest absolute Gasteiger partial charge is 0.291 e. The van der Waals surface area contributed by atoms with E-state index in [0.717, 1.165) is 10.6 Å². The molecule has 0 atom stereocenters. The maximum Gasteiger partial charge on any atom is 0.291 e. The van der Waals surface area contributed by atoms with Crippen LogP contribution in [0.25, 0.3) is 16.4 Å². The van der Waals surface area contributed by atoms with Gasteiger partial charge in [0.15, 0.2) is 5.82 Å². The van der Waals surface area contributed by atoms with Gasteiger partial charge >= 0.3 is 0 Å². The molecule has 0 bridgehead atoms. The van der Waals surface area contributed by atoms with Crippen molar-refractivity contribution in [2.75, 3.05) is 13.1 Å². The summed E-state index contributed by atoms with van der Waals surface area (Å²) in [5.41, 5.74) is 0.807. The van der Waals surface area contributed by atoms with Gasteiger partial charge in [0.25, 0.3) is 5.91 Å². The molecule has 2 aromatic heterocycles. The number of para-hydroxylation sites is 1. The first-order valence-electron chi connectivity index (χ1n) is 8.24. The van der Waals surface area contributed by atoms with Gasteiger partial charge in [-0.15, -0.1) is 22.9 Å². The van der Waals surface area contributed by atoms with Crippen LogP contribution in [0.2, 0.25) is 0 Å². The lowest BCUT2D eigenvalue weighted by atomic mass is 10.3. The number of terminal acetylenes is 1. The van der Waals surface area contributed by atoms with Crippen molar-refractivity contribution in [3.63, 3.8) is 0 Å². The van der Waals surface area contributed by atoms with Crippen LogP contribution >= 0.6 is 11.3 Å². The van der Waals surface area contributed by atoms with E-state index in [-0.39, 0.29) is 31.2 Å². The summed E-state index contributed by atoms with van der Waals surface area (Å²) in [7, 11) is 0. The second kappa shape index (κ2) is 8.78. The second-order valence-electron chi connectivity index (χ2n) is 5.47. The lowest BCUT2D eigenvalue weighted by Crippen LogP contribution is -2.31. The number of benzene rings is 1. The van der Waals surface area contributed by atoms with Crippen LogP contribution in [0.5, 0.6) is 0 Å².